The molecule has 0 radical (unpaired) electrons. The van der Waals surface area contributed by atoms with E-state index in [2.05, 4.69) is 12.2 Å². The molecule has 2 unspecified atom stereocenters. The fourth-order valence-corrected chi connectivity index (χ4v) is 2.50. The summed E-state index contributed by atoms with van der Waals surface area (Å²) in [6.45, 7) is 6.92. The summed E-state index contributed by atoms with van der Waals surface area (Å²) in [5.74, 6) is -0.164. The monoisotopic (exact) mass is 229 g/mol. The predicted molar refractivity (Wildman–Crippen MR) is 62.3 cm³/mol. The van der Waals surface area contributed by atoms with Gasteiger partial charge in [-0.3, -0.25) is 4.79 Å². The highest BCUT2D eigenvalue weighted by Crippen LogP contribution is 2.30. The maximum atomic E-state index is 11.9. The summed E-state index contributed by atoms with van der Waals surface area (Å²) < 4.78 is 10.6. The van der Waals surface area contributed by atoms with E-state index in [1.807, 2.05) is 13.8 Å². The van der Waals surface area contributed by atoms with Gasteiger partial charge in [0.05, 0.1) is 19.3 Å². The fraction of sp³-hybridized carbons (Fsp3) is 0.917. The first-order chi connectivity index (χ1) is 7.54. The molecular weight excluding hydrogens is 206 g/mol. The molecule has 2 atom stereocenters. The van der Waals surface area contributed by atoms with Crippen molar-refractivity contribution in [2.45, 2.75) is 57.8 Å². The van der Waals surface area contributed by atoms with Crippen LogP contribution in [-0.2, 0) is 14.3 Å². The van der Waals surface area contributed by atoms with Crippen LogP contribution in [0.25, 0.3) is 0 Å². The lowest BCUT2D eigenvalue weighted by Gasteiger charge is -2.41. The highest BCUT2D eigenvalue weighted by molar-refractivity contribution is 5.81. The second kappa shape index (κ2) is 5.64. The van der Waals surface area contributed by atoms with E-state index in [0.29, 0.717) is 12.8 Å². The van der Waals surface area contributed by atoms with Gasteiger partial charge in [0.2, 0.25) is 0 Å². The largest absolute Gasteiger partial charge is 0.468 e. The van der Waals surface area contributed by atoms with Crippen molar-refractivity contribution in [2.75, 3.05) is 13.7 Å². The summed E-state index contributed by atoms with van der Waals surface area (Å²) in [5, 5.41) is 3.34. The lowest BCUT2D eigenvalue weighted by atomic mass is 9.84. The Kier molecular flexibility index (Phi) is 4.74. The second-order valence-electron chi connectivity index (χ2n) is 4.67. The number of methoxy groups -OCH3 is 1. The van der Waals surface area contributed by atoms with E-state index < -0.39 is 5.54 Å². The van der Waals surface area contributed by atoms with Gasteiger partial charge in [0, 0.05) is 12.8 Å². The van der Waals surface area contributed by atoms with Crippen LogP contribution in [0.1, 0.15) is 40.0 Å². The predicted octanol–water partition coefficient (Wildman–Crippen LogP) is 1.49. The summed E-state index contributed by atoms with van der Waals surface area (Å²) in [7, 11) is 1.45. The Balaban J connectivity index is 2.80. The fourth-order valence-electron chi connectivity index (χ4n) is 2.50. The van der Waals surface area contributed by atoms with E-state index in [-0.39, 0.29) is 18.2 Å². The Labute approximate surface area is 97.7 Å². The molecule has 4 nitrogen and oxygen atoms in total. The SMILES string of the molecule is CCCNC1(C(=O)OC)CC(C)OC(C)C1. The number of hydrogen-bond acceptors (Lipinski definition) is 4. The number of hydrogen-bond donors (Lipinski definition) is 1. The van der Waals surface area contributed by atoms with E-state index in [9.17, 15) is 4.79 Å². The van der Waals surface area contributed by atoms with Gasteiger partial charge < -0.3 is 14.8 Å². The molecule has 0 bridgehead atoms. The Morgan fingerprint density at radius 3 is 2.44 bits per heavy atom. The van der Waals surface area contributed by atoms with E-state index in [0.717, 1.165) is 13.0 Å². The quantitative estimate of drug-likeness (QED) is 0.742. The van der Waals surface area contributed by atoms with E-state index in [1.165, 1.54) is 7.11 Å². The zero-order valence-electron chi connectivity index (χ0n) is 10.7. The van der Waals surface area contributed by atoms with Crippen molar-refractivity contribution in [1.82, 2.24) is 5.32 Å². The van der Waals surface area contributed by atoms with Crippen LogP contribution < -0.4 is 5.32 Å². The zero-order valence-corrected chi connectivity index (χ0v) is 10.7. The lowest BCUT2D eigenvalue weighted by Crippen LogP contribution is -2.59. The molecule has 16 heavy (non-hydrogen) atoms. The third-order valence-electron chi connectivity index (χ3n) is 3.03. The standard InChI is InChI=1S/C12H23NO3/c1-5-6-13-12(11(14)15-4)7-9(2)16-10(3)8-12/h9-10,13H,5-8H2,1-4H3. The number of carbonyl (C=O) groups is 1. The van der Waals surface area contributed by atoms with Gasteiger partial charge in [-0.05, 0) is 26.8 Å². The maximum absolute atomic E-state index is 11.9. The minimum atomic E-state index is -0.554. The molecule has 1 aliphatic heterocycles. The number of rotatable bonds is 4. The van der Waals surface area contributed by atoms with Gasteiger partial charge in [-0.1, -0.05) is 6.92 Å². The molecule has 1 fully saturated rings. The van der Waals surface area contributed by atoms with Crippen LogP contribution >= 0.6 is 0 Å². The van der Waals surface area contributed by atoms with Gasteiger partial charge in [0.25, 0.3) is 0 Å². The molecule has 1 saturated heterocycles. The highest BCUT2D eigenvalue weighted by atomic mass is 16.5. The van der Waals surface area contributed by atoms with Crippen LogP contribution in [0.3, 0.4) is 0 Å². The van der Waals surface area contributed by atoms with Crippen molar-refractivity contribution >= 4 is 5.97 Å². The van der Waals surface area contributed by atoms with Crippen LogP contribution in [0.5, 0.6) is 0 Å². The first kappa shape index (κ1) is 13.5. The Morgan fingerprint density at radius 2 is 2.00 bits per heavy atom. The summed E-state index contributed by atoms with van der Waals surface area (Å²) in [5.41, 5.74) is -0.554. The van der Waals surface area contributed by atoms with Gasteiger partial charge in [0.1, 0.15) is 5.54 Å². The van der Waals surface area contributed by atoms with E-state index in [1.54, 1.807) is 0 Å². The first-order valence-electron chi connectivity index (χ1n) is 6.03. The molecule has 0 aromatic heterocycles. The normalized spacial score (nSPS) is 34.8. The number of ether oxygens (including phenoxy) is 2. The lowest BCUT2D eigenvalue weighted by molar-refractivity contribution is -0.159. The smallest absolute Gasteiger partial charge is 0.326 e. The van der Waals surface area contributed by atoms with Gasteiger partial charge in [-0.15, -0.1) is 0 Å². The van der Waals surface area contributed by atoms with Gasteiger partial charge in [-0.2, -0.15) is 0 Å². The Bertz CT molecular complexity index is 232. The molecule has 0 aliphatic carbocycles. The van der Waals surface area contributed by atoms with Crippen LogP contribution in [0.2, 0.25) is 0 Å². The molecular formula is C12H23NO3. The molecule has 1 N–H and O–H groups in total. The van der Waals surface area contributed by atoms with Crippen molar-refractivity contribution in [3.63, 3.8) is 0 Å². The number of esters is 1. The minimum Gasteiger partial charge on any atom is -0.468 e. The molecule has 0 amide bonds. The first-order valence-corrected chi connectivity index (χ1v) is 6.03. The molecule has 1 heterocycles. The molecule has 0 aromatic rings. The number of nitrogens with one attached hydrogen (secondary N) is 1. The second-order valence-corrected chi connectivity index (χ2v) is 4.67. The van der Waals surface area contributed by atoms with Crippen LogP contribution in [0, 0.1) is 0 Å². The third-order valence-corrected chi connectivity index (χ3v) is 3.03. The van der Waals surface area contributed by atoms with Crippen molar-refractivity contribution in [3.8, 4) is 0 Å². The van der Waals surface area contributed by atoms with Crippen molar-refractivity contribution in [3.05, 3.63) is 0 Å². The summed E-state index contributed by atoms with van der Waals surface area (Å²) in [6, 6.07) is 0. The molecule has 0 aromatic carbocycles. The zero-order chi connectivity index (χ0) is 12.2. The molecule has 1 rings (SSSR count). The molecule has 0 saturated carbocycles. The van der Waals surface area contributed by atoms with Crippen molar-refractivity contribution in [1.29, 1.82) is 0 Å². The summed E-state index contributed by atoms with van der Waals surface area (Å²) >= 11 is 0. The summed E-state index contributed by atoms with van der Waals surface area (Å²) in [4.78, 5) is 11.9. The Morgan fingerprint density at radius 1 is 1.44 bits per heavy atom. The van der Waals surface area contributed by atoms with Crippen LogP contribution in [-0.4, -0.2) is 37.4 Å². The van der Waals surface area contributed by atoms with Crippen molar-refractivity contribution in [2.24, 2.45) is 0 Å². The van der Waals surface area contributed by atoms with Gasteiger partial charge >= 0.3 is 5.97 Å². The average molecular weight is 229 g/mol. The molecule has 1 aliphatic rings. The third kappa shape index (κ3) is 2.95. The van der Waals surface area contributed by atoms with Crippen LogP contribution in [0.15, 0.2) is 0 Å². The number of carbonyl (C=O) groups excluding carboxylic acids is 1. The highest BCUT2D eigenvalue weighted by Gasteiger charge is 2.45. The minimum absolute atomic E-state index is 0.0900. The van der Waals surface area contributed by atoms with Gasteiger partial charge in [-0.25, -0.2) is 0 Å². The maximum Gasteiger partial charge on any atom is 0.326 e. The molecule has 4 heteroatoms. The molecule has 0 spiro atoms. The summed E-state index contributed by atoms with van der Waals surface area (Å²) in [6.07, 6.45) is 2.55. The molecule has 94 valence electrons. The van der Waals surface area contributed by atoms with E-state index in [4.69, 9.17) is 9.47 Å². The van der Waals surface area contributed by atoms with Crippen molar-refractivity contribution < 1.29 is 14.3 Å². The van der Waals surface area contributed by atoms with Crippen LogP contribution in [0.4, 0.5) is 0 Å². The van der Waals surface area contributed by atoms with Gasteiger partial charge in [0.15, 0.2) is 0 Å². The Hall–Kier alpha value is -0.610. The van der Waals surface area contributed by atoms with E-state index >= 15 is 0 Å². The topological polar surface area (TPSA) is 47.6 Å². The average Bonchev–Trinajstić information content (AvgIpc) is 2.24.